The predicted octanol–water partition coefficient (Wildman–Crippen LogP) is 6.95. The van der Waals surface area contributed by atoms with E-state index in [2.05, 4.69) is 45.3 Å². The lowest BCUT2D eigenvalue weighted by molar-refractivity contribution is 0.102. The maximum absolute atomic E-state index is 12.4. The van der Waals surface area contributed by atoms with Gasteiger partial charge >= 0.3 is 0 Å². The average Bonchev–Trinajstić information content (AvgIpc) is 2.70. The molecule has 2 aromatic rings. The van der Waals surface area contributed by atoms with E-state index in [1.807, 2.05) is 18.2 Å². The molecule has 3 nitrogen and oxygen atoms in total. The van der Waals surface area contributed by atoms with E-state index in [0.717, 1.165) is 10.4 Å². The van der Waals surface area contributed by atoms with Crippen LogP contribution in [0.3, 0.4) is 0 Å². The molecule has 1 fully saturated rings. The molecule has 0 aliphatic heterocycles. The van der Waals surface area contributed by atoms with Crippen molar-refractivity contribution in [3.05, 3.63) is 58.2 Å². The maximum Gasteiger partial charge on any atom is 0.256 e. The Morgan fingerprint density at radius 1 is 1.07 bits per heavy atom. The molecule has 1 aromatic heterocycles. The maximum atomic E-state index is 12.4. The number of unbranched alkanes of at least 4 members (excludes halogenated alkanes) is 2. The Balaban J connectivity index is 1.51. The molecule has 1 amide bonds. The Hall–Kier alpha value is -1.68. The van der Waals surface area contributed by atoms with E-state index in [1.165, 1.54) is 56.9 Å². The predicted molar refractivity (Wildman–Crippen MR) is 115 cm³/mol. The van der Waals surface area contributed by atoms with Crippen molar-refractivity contribution < 1.29 is 4.79 Å². The van der Waals surface area contributed by atoms with Gasteiger partial charge in [0.2, 0.25) is 0 Å². The van der Waals surface area contributed by atoms with E-state index in [-0.39, 0.29) is 5.91 Å². The van der Waals surface area contributed by atoms with Gasteiger partial charge in [-0.2, -0.15) is 0 Å². The normalized spacial score (nSPS) is 19.6. The van der Waals surface area contributed by atoms with E-state index in [1.54, 1.807) is 12.3 Å². The molecule has 0 atom stereocenters. The molecular formula is C23H29BrN2O. The summed E-state index contributed by atoms with van der Waals surface area (Å²) in [4.78, 5) is 16.6. The standard InChI is InChI=1S/C23H29BrN2O/c1-2-3-4-5-17-6-8-18(9-7-17)19-10-12-20(13-11-19)23(27)26-22-15-14-21(24)16-25-22/h10-18H,2-9H2,1H3,(H,25,26,27). The number of nitrogens with zero attached hydrogens (tertiary/aromatic N) is 1. The summed E-state index contributed by atoms with van der Waals surface area (Å²) in [5.41, 5.74) is 2.05. The highest BCUT2D eigenvalue weighted by atomic mass is 79.9. The number of amides is 1. The van der Waals surface area contributed by atoms with Crippen LogP contribution in [0.5, 0.6) is 0 Å². The zero-order valence-electron chi connectivity index (χ0n) is 16.1. The first-order valence-electron chi connectivity index (χ1n) is 10.2. The quantitative estimate of drug-likeness (QED) is 0.484. The fourth-order valence-corrected chi connectivity index (χ4v) is 4.25. The van der Waals surface area contributed by atoms with Gasteiger partial charge < -0.3 is 5.32 Å². The Labute approximate surface area is 171 Å². The van der Waals surface area contributed by atoms with E-state index in [4.69, 9.17) is 0 Å². The first-order chi connectivity index (χ1) is 13.2. The number of rotatable bonds is 7. The first-order valence-corrected chi connectivity index (χ1v) is 11.0. The third-order valence-electron chi connectivity index (χ3n) is 5.68. The highest BCUT2D eigenvalue weighted by Crippen LogP contribution is 2.37. The SMILES string of the molecule is CCCCCC1CCC(c2ccc(C(=O)Nc3ccc(Br)cn3)cc2)CC1. The van der Waals surface area contributed by atoms with Gasteiger partial charge in [-0.15, -0.1) is 0 Å². The Morgan fingerprint density at radius 3 is 2.44 bits per heavy atom. The topological polar surface area (TPSA) is 42.0 Å². The molecule has 4 heteroatoms. The molecule has 1 aliphatic carbocycles. The van der Waals surface area contributed by atoms with Crippen LogP contribution in [0.2, 0.25) is 0 Å². The number of pyridine rings is 1. The lowest BCUT2D eigenvalue weighted by atomic mass is 9.77. The van der Waals surface area contributed by atoms with Crippen LogP contribution in [0.25, 0.3) is 0 Å². The van der Waals surface area contributed by atoms with Crippen molar-refractivity contribution in [3.8, 4) is 0 Å². The molecule has 0 spiro atoms. The molecule has 1 heterocycles. The number of hydrogen-bond acceptors (Lipinski definition) is 2. The van der Waals surface area contributed by atoms with Gasteiger partial charge in [0.05, 0.1) is 0 Å². The van der Waals surface area contributed by atoms with E-state index in [0.29, 0.717) is 17.3 Å². The third-order valence-corrected chi connectivity index (χ3v) is 6.15. The molecule has 1 aliphatic rings. The van der Waals surface area contributed by atoms with Crippen LogP contribution in [0.4, 0.5) is 5.82 Å². The molecule has 1 aromatic carbocycles. The fraction of sp³-hybridized carbons (Fsp3) is 0.478. The summed E-state index contributed by atoms with van der Waals surface area (Å²) in [5.74, 6) is 2.03. The number of benzene rings is 1. The number of carbonyl (C=O) groups is 1. The molecule has 0 saturated heterocycles. The van der Waals surface area contributed by atoms with Crippen molar-refractivity contribution in [3.63, 3.8) is 0 Å². The molecule has 1 N–H and O–H groups in total. The van der Waals surface area contributed by atoms with E-state index < -0.39 is 0 Å². The molecule has 27 heavy (non-hydrogen) atoms. The van der Waals surface area contributed by atoms with Gasteiger partial charge in [0.15, 0.2) is 0 Å². The molecule has 3 rings (SSSR count). The summed E-state index contributed by atoms with van der Waals surface area (Å²) in [6.45, 7) is 2.27. The van der Waals surface area contributed by atoms with Crippen molar-refractivity contribution in [2.45, 2.75) is 64.2 Å². The van der Waals surface area contributed by atoms with Crippen LogP contribution in [0, 0.1) is 5.92 Å². The number of aromatic nitrogens is 1. The highest BCUT2D eigenvalue weighted by Gasteiger charge is 2.22. The zero-order valence-corrected chi connectivity index (χ0v) is 17.7. The van der Waals surface area contributed by atoms with Crippen LogP contribution in [-0.2, 0) is 0 Å². The summed E-state index contributed by atoms with van der Waals surface area (Å²) in [6.07, 6.45) is 12.4. The fourth-order valence-electron chi connectivity index (χ4n) is 4.01. The minimum absolute atomic E-state index is 0.115. The molecule has 0 unspecified atom stereocenters. The van der Waals surface area contributed by atoms with E-state index >= 15 is 0 Å². The van der Waals surface area contributed by atoms with E-state index in [9.17, 15) is 4.79 Å². The monoisotopic (exact) mass is 428 g/mol. The van der Waals surface area contributed by atoms with Crippen molar-refractivity contribution in [2.24, 2.45) is 5.92 Å². The van der Waals surface area contributed by atoms with Gasteiger partial charge in [0.1, 0.15) is 5.82 Å². The number of halogens is 1. The van der Waals surface area contributed by atoms with Gasteiger partial charge in [0, 0.05) is 16.2 Å². The van der Waals surface area contributed by atoms with Crippen LogP contribution in [0.15, 0.2) is 47.1 Å². The van der Waals surface area contributed by atoms with Crippen molar-refractivity contribution in [1.29, 1.82) is 0 Å². The summed E-state index contributed by atoms with van der Waals surface area (Å²) in [5, 5.41) is 2.84. The van der Waals surface area contributed by atoms with Crippen molar-refractivity contribution in [2.75, 3.05) is 5.32 Å². The van der Waals surface area contributed by atoms with Crippen LogP contribution in [-0.4, -0.2) is 10.9 Å². The van der Waals surface area contributed by atoms with Gasteiger partial charge in [-0.25, -0.2) is 4.98 Å². The van der Waals surface area contributed by atoms with Gasteiger partial charge in [-0.05, 0) is 83.3 Å². The second-order valence-corrected chi connectivity index (χ2v) is 8.57. The first kappa shape index (κ1) is 20.1. The minimum Gasteiger partial charge on any atom is -0.307 e. The number of anilines is 1. The Kier molecular flexibility index (Phi) is 7.45. The summed E-state index contributed by atoms with van der Waals surface area (Å²) in [6, 6.07) is 11.8. The van der Waals surface area contributed by atoms with Crippen molar-refractivity contribution >= 4 is 27.7 Å². The largest absolute Gasteiger partial charge is 0.307 e. The molecule has 0 radical (unpaired) electrons. The highest BCUT2D eigenvalue weighted by molar-refractivity contribution is 9.10. The lowest BCUT2D eigenvalue weighted by Gasteiger charge is -2.29. The Morgan fingerprint density at radius 2 is 1.81 bits per heavy atom. The summed E-state index contributed by atoms with van der Waals surface area (Å²) < 4.78 is 0.893. The van der Waals surface area contributed by atoms with Crippen molar-refractivity contribution in [1.82, 2.24) is 4.98 Å². The van der Waals surface area contributed by atoms with Gasteiger partial charge in [0.25, 0.3) is 5.91 Å². The third kappa shape index (κ3) is 5.90. The average molecular weight is 429 g/mol. The Bertz CT molecular complexity index is 719. The number of nitrogens with one attached hydrogen (secondary N) is 1. The molecular weight excluding hydrogens is 400 g/mol. The second-order valence-electron chi connectivity index (χ2n) is 7.65. The number of carbonyl (C=O) groups excluding carboxylic acids is 1. The number of hydrogen-bond donors (Lipinski definition) is 1. The molecule has 0 bridgehead atoms. The smallest absolute Gasteiger partial charge is 0.256 e. The zero-order chi connectivity index (χ0) is 19.1. The summed E-state index contributed by atoms with van der Waals surface area (Å²) in [7, 11) is 0. The van der Waals surface area contributed by atoms with Crippen LogP contribution >= 0.6 is 15.9 Å². The molecule has 144 valence electrons. The minimum atomic E-state index is -0.115. The van der Waals surface area contributed by atoms with Gasteiger partial charge in [-0.1, -0.05) is 44.7 Å². The lowest BCUT2D eigenvalue weighted by Crippen LogP contribution is -2.15. The summed E-state index contributed by atoms with van der Waals surface area (Å²) >= 11 is 3.35. The second kappa shape index (κ2) is 10.0. The van der Waals surface area contributed by atoms with Crippen LogP contribution in [0.1, 0.15) is 80.1 Å². The van der Waals surface area contributed by atoms with Crippen LogP contribution < -0.4 is 5.32 Å². The van der Waals surface area contributed by atoms with Gasteiger partial charge in [-0.3, -0.25) is 4.79 Å². The molecule has 1 saturated carbocycles.